The molecule has 1 saturated heterocycles. The lowest BCUT2D eigenvalue weighted by molar-refractivity contribution is 0.101. The van der Waals surface area contributed by atoms with E-state index in [2.05, 4.69) is 11.4 Å². The third-order valence-corrected chi connectivity index (χ3v) is 4.00. The maximum Gasteiger partial charge on any atom is 0.321 e. The minimum absolute atomic E-state index is 0.153. The van der Waals surface area contributed by atoms with Crippen LogP contribution in [0.4, 0.5) is 10.5 Å². The van der Waals surface area contributed by atoms with Gasteiger partial charge in [0.15, 0.2) is 0 Å². The smallest absolute Gasteiger partial charge is 0.321 e. The fraction of sp³-hybridized carbons (Fsp3) is 0.529. The number of rotatable bonds is 5. The van der Waals surface area contributed by atoms with Crippen LogP contribution in [0.2, 0.25) is 0 Å². The second kappa shape index (κ2) is 7.81. The lowest BCUT2D eigenvalue weighted by Gasteiger charge is -2.19. The minimum Gasteiger partial charge on any atom is -0.378 e. The van der Waals surface area contributed by atoms with Gasteiger partial charge in [-0.1, -0.05) is 6.07 Å². The number of benzene rings is 1. The van der Waals surface area contributed by atoms with Crippen molar-refractivity contribution in [2.24, 2.45) is 0 Å². The maximum atomic E-state index is 12.1. The van der Waals surface area contributed by atoms with Crippen LogP contribution in [0, 0.1) is 18.3 Å². The summed E-state index contributed by atoms with van der Waals surface area (Å²) in [5, 5.41) is 11.8. The van der Waals surface area contributed by atoms with E-state index >= 15 is 0 Å². The average molecular weight is 301 g/mol. The van der Waals surface area contributed by atoms with Crippen LogP contribution < -0.4 is 5.32 Å². The second-order valence-corrected chi connectivity index (χ2v) is 5.77. The highest BCUT2D eigenvalue weighted by atomic mass is 16.5. The molecule has 0 aromatic heterocycles. The van der Waals surface area contributed by atoms with Crippen molar-refractivity contribution < 1.29 is 9.53 Å². The van der Waals surface area contributed by atoms with E-state index in [-0.39, 0.29) is 6.03 Å². The Balaban J connectivity index is 1.79. The third kappa shape index (κ3) is 4.47. The fourth-order valence-electron chi connectivity index (χ4n) is 2.57. The first-order valence-electron chi connectivity index (χ1n) is 7.74. The number of anilines is 1. The summed E-state index contributed by atoms with van der Waals surface area (Å²) in [7, 11) is 1.78. The molecule has 5 nitrogen and oxygen atoms in total. The summed E-state index contributed by atoms with van der Waals surface area (Å²) in [5.41, 5.74) is 2.14. The first-order chi connectivity index (χ1) is 10.6. The number of nitriles is 1. The van der Waals surface area contributed by atoms with Crippen LogP contribution in [0.25, 0.3) is 0 Å². The highest BCUT2D eigenvalue weighted by Crippen LogP contribution is 2.17. The summed E-state index contributed by atoms with van der Waals surface area (Å²) >= 11 is 0. The Morgan fingerprint density at radius 1 is 1.55 bits per heavy atom. The van der Waals surface area contributed by atoms with Gasteiger partial charge in [0, 0.05) is 25.9 Å². The summed E-state index contributed by atoms with van der Waals surface area (Å²) in [6.45, 7) is 3.44. The molecule has 1 N–H and O–H groups in total. The van der Waals surface area contributed by atoms with Gasteiger partial charge >= 0.3 is 6.03 Å². The summed E-state index contributed by atoms with van der Waals surface area (Å²) in [4.78, 5) is 13.8. The number of amides is 2. The molecule has 22 heavy (non-hydrogen) atoms. The van der Waals surface area contributed by atoms with Gasteiger partial charge < -0.3 is 15.0 Å². The van der Waals surface area contributed by atoms with E-state index < -0.39 is 0 Å². The number of carbonyl (C=O) groups excluding carboxylic acids is 1. The molecule has 0 saturated carbocycles. The Bertz CT molecular complexity index is 560. The Morgan fingerprint density at radius 3 is 3.05 bits per heavy atom. The average Bonchev–Trinajstić information content (AvgIpc) is 3.02. The van der Waals surface area contributed by atoms with Crippen LogP contribution in [0.15, 0.2) is 18.2 Å². The van der Waals surface area contributed by atoms with Gasteiger partial charge in [-0.3, -0.25) is 0 Å². The minimum atomic E-state index is -0.153. The van der Waals surface area contributed by atoms with Crippen LogP contribution in [0.5, 0.6) is 0 Å². The second-order valence-electron chi connectivity index (χ2n) is 5.77. The van der Waals surface area contributed by atoms with Gasteiger partial charge in [0.2, 0.25) is 0 Å². The molecule has 5 heteroatoms. The van der Waals surface area contributed by atoms with Crippen molar-refractivity contribution in [3.8, 4) is 6.07 Å². The number of ether oxygens (including phenoxy) is 1. The SMILES string of the molecule is Cc1ccc(NC(=O)N(C)CCCC2CCCO2)cc1C#N. The summed E-state index contributed by atoms with van der Waals surface area (Å²) in [6.07, 6.45) is 4.59. The first kappa shape index (κ1) is 16.3. The van der Waals surface area contributed by atoms with Crippen LogP contribution in [0.3, 0.4) is 0 Å². The number of carbonyl (C=O) groups is 1. The van der Waals surface area contributed by atoms with Crippen molar-refractivity contribution in [3.63, 3.8) is 0 Å². The van der Waals surface area contributed by atoms with Crippen molar-refractivity contribution in [1.29, 1.82) is 5.26 Å². The van der Waals surface area contributed by atoms with Crippen molar-refractivity contribution in [3.05, 3.63) is 29.3 Å². The van der Waals surface area contributed by atoms with Gasteiger partial charge in [-0.25, -0.2) is 4.79 Å². The van der Waals surface area contributed by atoms with Crippen molar-refractivity contribution in [2.75, 3.05) is 25.5 Å². The molecule has 0 radical (unpaired) electrons. The number of hydrogen-bond acceptors (Lipinski definition) is 3. The van der Waals surface area contributed by atoms with Crippen LogP contribution in [-0.4, -0.2) is 37.2 Å². The largest absolute Gasteiger partial charge is 0.378 e. The Morgan fingerprint density at radius 2 is 2.36 bits per heavy atom. The summed E-state index contributed by atoms with van der Waals surface area (Å²) in [5.74, 6) is 0. The number of nitrogens with one attached hydrogen (secondary N) is 1. The van der Waals surface area contributed by atoms with Crippen LogP contribution in [0.1, 0.15) is 36.8 Å². The van der Waals surface area contributed by atoms with Crippen LogP contribution in [-0.2, 0) is 4.74 Å². The number of urea groups is 1. The van der Waals surface area contributed by atoms with Gasteiger partial charge in [-0.2, -0.15) is 5.26 Å². The van der Waals surface area contributed by atoms with E-state index in [1.54, 1.807) is 18.0 Å². The highest BCUT2D eigenvalue weighted by molar-refractivity contribution is 5.89. The Kier molecular flexibility index (Phi) is 5.79. The van der Waals surface area contributed by atoms with E-state index in [4.69, 9.17) is 10.00 Å². The van der Waals surface area contributed by atoms with E-state index in [1.807, 2.05) is 19.1 Å². The van der Waals surface area contributed by atoms with E-state index in [0.717, 1.165) is 37.9 Å². The van der Waals surface area contributed by atoms with Gasteiger partial charge in [-0.15, -0.1) is 0 Å². The molecule has 118 valence electrons. The molecule has 1 atom stereocenters. The molecule has 2 amide bonds. The normalized spacial score (nSPS) is 17.0. The third-order valence-electron chi connectivity index (χ3n) is 4.00. The molecule has 1 fully saturated rings. The van der Waals surface area contributed by atoms with Gasteiger partial charge in [-0.05, 0) is 50.3 Å². The lowest BCUT2D eigenvalue weighted by Crippen LogP contribution is -2.32. The highest BCUT2D eigenvalue weighted by Gasteiger charge is 2.16. The molecule has 0 spiro atoms. The van der Waals surface area contributed by atoms with E-state index in [0.29, 0.717) is 23.9 Å². The molecule has 0 aliphatic carbocycles. The molecule has 1 heterocycles. The standard InChI is InChI=1S/C17H23N3O2/c1-13-7-8-15(11-14(13)12-18)19-17(21)20(2)9-3-5-16-6-4-10-22-16/h7-8,11,16H,3-6,9-10H2,1-2H3,(H,19,21). The zero-order valence-corrected chi connectivity index (χ0v) is 13.3. The molecule has 0 bridgehead atoms. The van der Waals surface area contributed by atoms with Crippen LogP contribution >= 0.6 is 0 Å². The molecule has 1 aliphatic heterocycles. The maximum absolute atomic E-state index is 12.1. The zero-order chi connectivity index (χ0) is 15.9. The monoisotopic (exact) mass is 301 g/mol. The summed E-state index contributed by atoms with van der Waals surface area (Å²) < 4.78 is 5.58. The van der Waals surface area contributed by atoms with Crippen molar-refractivity contribution in [1.82, 2.24) is 4.90 Å². The Labute approximate surface area is 131 Å². The zero-order valence-electron chi connectivity index (χ0n) is 13.3. The number of hydrogen-bond donors (Lipinski definition) is 1. The number of nitrogens with zero attached hydrogens (tertiary/aromatic N) is 2. The molecular weight excluding hydrogens is 278 g/mol. The molecule has 1 aromatic carbocycles. The fourth-order valence-corrected chi connectivity index (χ4v) is 2.57. The van der Waals surface area contributed by atoms with Gasteiger partial charge in [0.05, 0.1) is 17.7 Å². The first-order valence-corrected chi connectivity index (χ1v) is 7.74. The quantitative estimate of drug-likeness (QED) is 0.907. The molecule has 1 aliphatic rings. The molecule has 2 rings (SSSR count). The van der Waals surface area contributed by atoms with E-state index in [1.165, 1.54) is 0 Å². The van der Waals surface area contributed by atoms with Gasteiger partial charge in [0.1, 0.15) is 0 Å². The van der Waals surface area contributed by atoms with Crippen molar-refractivity contribution in [2.45, 2.75) is 38.7 Å². The predicted molar refractivity (Wildman–Crippen MR) is 85.8 cm³/mol. The Hall–Kier alpha value is -2.06. The van der Waals surface area contributed by atoms with E-state index in [9.17, 15) is 4.79 Å². The topological polar surface area (TPSA) is 65.4 Å². The molecule has 1 aromatic rings. The number of aryl methyl sites for hydroxylation is 1. The predicted octanol–water partition coefficient (Wildman–Crippen LogP) is 3.29. The molecule has 1 unspecified atom stereocenters. The van der Waals surface area contributed by atoms with Crippen molar-refractivity contribution >= 4 is 11.7 Å². The molecular formula is C17H23N3O2. The summed E-state index contributed by atoms with van der Waals surface area (Å²) in [6, 6.07) is 7.33. The lowest BCUT2D eigenvalue weighted by atomic mass is 10.1. The van der Waals surface area contributed by atoms with Gasteiger partial charge in [0.25, 0.3) is 0 Å².